The number of aliphatic hydroxyl groups excluding tert-OH is 1. The first-order chi connectivity index (χ1) is 8.78. The van der Waals surface area contributed by atoms with Crippen molar-refractivity contribution in [2.75, 3.05) is 13.9 Å². The van der Waals surface area contributed by atoms with Gasteiger partial charge in [-0.15, -0.1) is 0 Å². The molecule has 4 nitrogen and oxygen atoms in total. The minimum Gasteiger partial charge on any atom is -0.493 e. The molecule has 1 atom stereocenters. The third kappa shape index (κ3) is 2.25. The average Bonchev–Trinajstić information content (AvgIpc) is 3.10. The maximum absolute atomic E-state index is 10.2. The van der Waals surface area contributed by atoms with Gasteiger partial charge in [0.1, 0.15) is 0 Å². The summed E-state index contributed by atoms with van der Waals surface area (Å²) in [7, 11) is 1.59. The molecule has 1 unspecified atom stereocenters. The Morgan fingerprint density at radius 3 is 2.94 bits per heavy atom. The van der Waals surface area contributed by atoms with Gasteiger partial charge < -0.3 is 19.3 Å². The van der Waals surface area contributed by atoms with Gasteiger partial charge in [0.25, 0.3) is 0 Å². The number of aliphatic hydroxyl groups is 1. The second kappa shape index (κ2) is 4.69. The number of hydrogen-bond donors (Lipinski definition) is 1. The highest BCUT2D eigenvalue weighted by atomic mass is 16.7. The van der Waals surface area contributed by atoms with Crippen LogP contribution in [0.1, 0.15) is 37.4 Å². The zero-order valence-electron chi connectivity index (χ0n) is 10.5. The summed E-state index contributed by atoms with van der Waals surface area (Å²) in [4.78, 5) is 0. The second-order valence-corrected chi connectivity index (χ2v) is 4.99. The van der Waals surface area contributed by atoms with Crippen molar-refractivity contribution in [2.45, 2.75) is 31.8 Å². The zero-order chi connectivity index (χ0) is 12.5. The van der Waals surface area contributed by atoms with Crippen LogP contribution in [0, 0.1) is 5.92 Å². The Kier molecular flexibility index (Phi) is 3.04. The van der Waals surface area contributed by atoms with E-state index in [2.05, 4.69) is 0 Å². The van der Waals surface area contributed by atoms with Crippen LogP contribution in [0.3, 0.4) is 0 Å². The third-order valence-corrected chi connectivity index (χ3v) is 3.61. The van der Waals surface area contributed by atoms with Gasteiger partial charge in [0.05, 0.1) is 13.2 Å². The highest BCUT2D eigenvalue weighted by molar-refractivity contribution is 5.55. The number of rotatable bonds is 5. The summed E-state index contributed by atoms with van der Waals surface area (Å²) in [5, 5.41) is 10.2. The molecule has 3 rings (SSSR count). The van der Waals surface area contributed by atoms with E-state index in [0.29, 0.717) is 17.2 Å². The molecule has 1 heterocycles. The molecule has 0 spiro atoms. The van der Waals surface area contributed by atoms with Gasteiger partial charge in [0.15, 0.2) is 11.5 Å². The van der Waals surface area contributed by atoms with Gasteiger partial charge in [-0.05, 0) is 36.5 Å². The zero-order valence-corrected chi connectivity index (χ0v) is 10.5. The van der Waals surface area contributed by atoms with Crippen LogP contribution in [0.2, 0.25) is 0 Å². The highest BCUT2D eigenvalue weighted by Gasteiger charge is 2.25. The Bertz CT molecular complexity index is 440. The number of hydrogen-bond acceptors (Lipinski definition) is 4. The fourth-order valence-electron chi connectivity index (χ4n) is 2.31. The van der Waals surface area contributed by atoms with E-state index in [1.807, 2.05) is 12.1 Å². The molecule has 1 aliphatic carbocycles. The molecule has 98 valence electrons. The lowest BCUT2D eigenvalue weighted by atomic mass is 10.0. The van der Waals surface area contributed by atoms with Crippen LogP contribution in [0.4, 0.5) is 0 Å². The average molecular weight is 250 g/mol. The third-order valence-electron chi connectivity index (χ3n) is 3.61. The van der Waals surface area contributed by atoms with Crippen LogP contribution in [-0.4, -0.2) is 19.0 Å². The number of fused-ring (bicyclic) bond motifs is 1. The molecule has 1 aromatic carbocycles. The Morgan fingerprint density at radius 2 is 2.22 bits per heavy atom. The standard InChI is InChI=1S/C14H18O4/c1-16-12-6-10(7-13-14(12)18-8-17-13)11(15)5-4-9-2-3-9/h6-7,9,11,15H,2-5,8H2,1H3. The molecule has 1 aromatic rings. The molecule has 1 saturated carbocycles. The van der Waals surface area contributed by atoms with E-state index in [1.165, 1.54) is 12.8 Å². The van der Waals surface area contributed by atoms with E-state index in [9.17, 15) is 5.11 Å². The molecule has 1 N–H and O–H groups in total. The molecule has 4 heteroatoms. The molecule has 0 amide bonds. The van der Waals surface area contributed by atoms with Crippen LogP contribution >= 0.6 is 0 Å². The summed E-state index contributed by atoms with van der Waals surface area (Å²) >= 11 is 0. The molecule has 18 heavy (non-hydrogen) atoms. The SMILES string of the molecule is COc1cc(C(O)CCC2CC2)cc2c1OCO2. The maximum Gasteiger partial charge on any atom is 0.231 e. The second-order valence-electron chi connectivity index (χ2n) is 4.99. The van der Waals surface area contributed by atoms with Crippen molar-refractivity contribution in [1.82, 2.24) is 0 Å². The summed E-state index contributed by atoms with van der Waals surface area (Å²) in [6.07, 6.45) is 4.08. The van der Waals surface area contributed by atoms with Gasteiger partial charge in [-0.1, -0.05) is 12.8 Å². The molecule has 0 radical (unpaired) electrons. The lowest BCUT2D eigenvalue weighted by Crippen LogP contribution is -1.99. The fourth-order valence-corrected chi connectivity index (χ4v) is 2.31. The van der Waals surface area contributed by atoms with E-state index < -0.39 is 6.10 Å². The first-order valence-electron chi connectivity index (χ1n) is 6.43. The van der Waals surface area contributed by atoms with Crippen LogP contribution in [0.5, 0.6) is 17.2 Å². The Morgan fingerprint density at radius 1 is 1.39 bits per heavy atom. The van der Waals surface area contributed by atoms with Gasteiger partial charge in [0, 0.05) is 0 Å². The molecule has 1 fully saturated rings. The first-order valence-corrected chi connectivity index (χ1v) is 6.43. The van der Waals surface area contributed by atoms with Gasteiger partial charge in [-0.25, -0.2) is 0 Å². The van der Waals surface area contributed by atoms with Gasteiger partial charge in [0.2, 0.25) is 12.5 Å². The Labute approximate surface area is 106 Å². The summed E-state index contributed by atoms with van der Waals surface area (Å²) in [5.41, 5.74) is 0.844. The summed E-state index contributed by atoms with van der Waals surface area (Å²) in [6, 6.07) is 3.69. The van der Waals surface area contributed by atoms with E-state index in [-0.39, 0.29) is 6.79 Å². The van der Waals surface area contributed by atoms with E-state index in [0.717, 1.165) is 24.3 Å². The van der Waals surface area contributed by atoms with Crippen LogP contribution < -0.4 is 14.2 Å². The molecule has 0 bridgehead atoms. The number of methoxy groups -OCH3 is 1. The van der Waals surface area contributed by atoms with Crippen LogP contribution in [0.25, 0.3) is 0 Å². The van der Waals surface area contributed by atoms with Crippen molar-refractivity contribution < 1.29 is 19.3 Å². The summed E-state index contributed by atoms with van der Waals surface area (Å²) in [5.74, 6) is 2.76. The van der Waals surface area contributed by atoms with Crippen molar-refractivity contribution in [1.29, 1.82) is 0 Å². The lowest BCUT2D eigenvalue weighted by Gasteiger charge is -2.13. The van der Waals surface area contributed by atoms with Crippen molar-refractivity contribution >= 4 is 0 Å². The van der Waals surface area contributed by atoms with Crippen LogP contribution in [-0.2, 0) is 0 Å². The van der Waals surface area contributed by atoms with Gasteiger partial charge >= 0.3 is 0 Å². The molecular formula is C14H18O4. The smallest absolute Gasteiger partial charge is 0.231 e. The molecule has 0 aromatic heterocycles. The molecular weight excluding hydrogens is 232 g/mol. The Balaban J connectivity index is 1.78. The topological polar surface area (TPSA) is 47.9 Å². The normalized spacial score (nSPS) is 18.8. The lowest BCUT2D eigenvalue weighted by molar-refractivity contribution is 0.161. The number of ether oxygens (including phenoxy) is 3. The molecule has 2 aliphatic rings. The summed E-state index contributed by atoms with van der Waals surface area (Å²) < 4.78 is 16.0. The van der Waals surface area contributed by atoms with Crippen molar-refractivity contribution in [3.63, 3.8) is 0 Å². The molecule has 0 saturated heterocycles. The predicted octanol–water partition coefficient (Wildman–Crippen LogP) is 2.65. The largest absolute Gasteiger partial charge is 0.493 e. The van der Waals surface area contributed by atoms with E-state index >= 15 is 0 Å². The van der Waals surface area contributed by atoms with Crippen molar-refractivity contribution in [2.24, 2.45) is 5.92 Å². The van der Waals surface area contributed by atoms with E-state index in [4.69, 9.17) is 14.2 Å². The van der Waals surface area contributed by atoms with E-state index in [1.54, 1.807) is 7.11 Å². The predicted molar refractivity (Wildman–Crippen MR) is 66.0 cm³/mol. The number of benzene rings is 1. The highest BCUT2D eigenvalue weighted by Crippen LogP contribution is 2.44. The fraction of sp³-hybridized carbons (Fsp3) is 0.571. The van der Waals surface area contributed by atoms with Crippen LogP contribution in [0.15, 0.2) is 12.1 Å². The van der Waals surface area contributed by atoms with Crippen molar-refractivity contribution in [3.05, 3.63) is 17.7 Å². The quantitative estimate of drug-likeness (QED) is 0.872. The van der Waals surface area contributed by atoms with Gasteiger partial charge in [-0.2, -0.15) is 0 Å². The first kappa shape index (κ1) is 11.7. The summed E-state index contributed by atoms with van der Waals surface area (Å²) in [6.45, 7) is 0.216. The Hall–Kier alpha value is -1.42. The maximum atomic E-state index is 10.2. The van der Waals surface area contributed by atoms with Gasteiger partial charge in [-0.3, -0.25) is 0 Å². The minimum atomic E-state index is -0.450. The minimum absolute atomic E-state index is 0.216. The monoisotopic (exact) mass is 250 g/mol. The molecule has 1 aliphatic heterocycles. The van der Waals surface area contributed by atoms with Crippen molar-refractivity contribution in [3.8, 4) is 17.2 Å².